The first-order chi connectivity index (χ1) is 12.0. The molecule has 0 spiro atoms. The van der Waals surface area contributed by atoms with Gasteiger partial charge in [-0.05, 0) is 18.2 Å². The second-order valence-corrected chi connectivity index (χ2v) is 6.58. The van der Waals surface area contributed by atoms with E-state index in [2.05, 4.69) is 5.32 Å². The summed E-state index contributed by atoms with van der Waals surface area (Å²) in [5.74, 6) is -1.74. The van der Waals surface area contributed by atoms with Crippen LogP contribution in [0.5, 0.6) is 0 Å². The van der Waals surface area contributed by atoms with E-state index in [1.54, 1.807) is 31.2 Å². The Kier molecular flexibility index (Phi) is 5.03. The summed E-state index contributed by atoms with van der Waals surface area (Å²) in [5, 5.41) is 2.30. The second kappa shape index (κ2) is 7.23. The average Bonchev–Trinajstić information content (AvgIpc) is 2.96. The zero-order valence-electron chi connectivity index (χ0n) is 13.5. The number of hydrogen-bond donors (Lipinski definition) is 1. The van der Waals surface area contributed by atoms with E-state index in [0.29, 0.717) is 17.7 Å². The lowest BCUT2D eigenvalue weighted by Gasteiger charge is -2.26. The molecule has 0 saturated carbocycles. The largest absolute Gasteiger partial charge is 0.326 e. The standard InChI is InChI=1S/C18H16F2N2O2S/c1-2-16(23)21-14-6-4-3-5-12(14)18-22(17(24)10-25-18)15-8-7-11(19)9-13(15)20/h3-9,18H,2,10H2,1H3,(H,21,23)/t18-/m1/s1. The highest BCUT2D eigenvalue weighted by Crippen LogP contribution is 2.44. The third-order valence-electron chi connectivity index (χ3n) is 3.86. The van der Waals surface area contributed by atoms with E-state index in [-0.39, 0.29) is 23.3 Å². The monoisotopic (exact) mass is 362 g/mol. The van der Waals surface area contributed by atoms with Gasteiger partial charge in [-0.3, -0.25) is 14.5 Å². The van der Waals surface area contributed by atoms with E-state index in [9.17, 15) is 18.4 Å². The number of thioether (sulfide) groups is 1. The first-order valence-electron chi connectivity index (χ1n) is 7.78. The maximum absolute atomic E-state index is 14.2. The number of carbonyl (C=O) groups excluding carboxylic acids is 2. The Bertz CT molecular complexity index is 828. The molecule has 1 saturated heterocycles. The molecular weight excluding hydrogens is 346 g/mol. The van der Waals surface area contributed by atoms with Crippen molar-refractivity contribution >= 4 is 35.0 Å². The fourth-order valence-corrected chi connectivity index (χ4v) is 3.86. The SMILES string of the molecule is CCC(=O)Nc1ccccc1[C@H]1SCC(=O)N1c1ccc(F)cc1F. The molecule has 0 aromatic heterocycles. The third-order valence-corrected chi connectivity index (χ3v) is 5.05. The third kappa shape index (κ3) is 3.51. The number of halogens is 2. The fourth-order valence-electron chi connectivity index (χ4n) is 2.66. The highest BCUT2D eigenvalue weighted by Gasteiger charge is 2.36. The van der Waals surface area contributed by atoms with Gasteiger partial charge in [0.15, 0.2) is 0 Å². The Labute approximate surface area is 148 Å². The number of para-hydroxylation sites is 1. The summed E-state index contributed by atoms with van der Waals surface area (Å²) in [7, 11) is 0. The summed E-state index contributed by atoms with van der Waals surface area (Å²) in [6.45, 7) is 1.74. The van der Waals surface area contributed by atoms with Crippen molar-refractivity contribution in [1.29, 1.82) is 0 Å². The van der Waals surface area contributed by atoms with Gasteiger partial charge in [0.05, 0.1) is 11.4 Å². The van der Waals surface area contributed by atoms with Crippen LogP contribution in [-0.4, -0.2) is 17.6 Å². The Morgan fingerprint density at radius 3 is 2.76 bits per heavy atom. The normalized spacial score (nSPS) is 17.0. The molecule has 3 rings (SSSR count). The molecule has 1 aliphatic heterocycles. The van der Waals surface area contributed by atoms with Gasteiger partial charge in [-0.1, -0.05) is 25.1 Å². The van der Waals surface area contributed by atoms with E-state index in [0.717, 1.165) is 12.1 Å². The van der Waals surface area contributed by atoms with Crippen LogP contribution in [0.15, 0.2) is 42.5 Å². The van der Waals surface area contributed by atoms with Gasteiger partial charge in [0.2, 0.25) is 11.8 Å². The van der Waals surface area contributed by atoms with E-state index >= 15 is 0 Å². The number of amides is 2. The van der Waals surface area contributed by atoms with Gasteiger partial charge >= 0.3 is 0 Å². The van der Waals surface area contributed by atoms with Gasteiger partial charge in [-0.15, -0.1) is 11.8 Å². The first-order valence-corrected chi connectivity index (χ1v) is 8.83. The quantitative estimate of drug-likeness (QED) is 0.891. The molecular formula is C18H16F2N2O2S. The van der Waals surface area contributed by atoms with E-state index in [1.165, 1.54) is 22.7 Å². The lowest BCUT2D eigenvalue weighted by atomic mass is 10.1. The van der Waals surface area contributed by atoms with Crippen molar-refractivity contribution in [2.45, 2.75) is 18.7 Å². The zero-order valence-corrected chi connectivity index (χ0v) is 14.3. The van der Waals surface area contributed by atoms with Crippen molar-refractivity contribution in [3.8, 4) is 0 Å². The molecule has 2 aromatic carbocycles. The molecule has 7 heteroatoms. The molecule has 1 fully saturated rings. The number of benzene rings is 2. The topological polar surface area (TPSA) is 49.4 Å². The second-order valence-electron chi connectivity index (χ2n) is 5.51. The predicted octanol–water partition coefficient (Wildman–Crippen LogP) is 4.09. The number of anilines is 2. The van der Waals surface area contributed by atoms with Crippen LogP contribution in [0, 0.1) is 11.6 Å². The molecule has 1 atom stereocenters. The van der Waals surface area contributed by atoms with Crippen LogP contribution in [0.4, 0.5) is 20.2 Å². The minimum Gasteiger partial charge on any atom is -0.326 e. The minimum atomic E-state index is -0.795. The van der Waals surface area contributed by atoms with Gasteiger partial charge in [-0.25, -0.2) is 8.78 Å². The summed E-state index contributed by atoms with van der Waals surface area (Å²) in [6, 6.07) is 10.2. The molecule has 2 amide bonds. The van der Waals surface area contributed by atoms with Crippen LogP contribution >= 0.6 is 11.8 Å². The van der Waals surface area contributed by atoms with Gasteiger partial charge in [0.25, 0.3) is 0 Å². The van der Waals surface area contributed by atoms with Crippen molar-refractivity contribution in [2.24, 2.45) is 0 Å². The van der Waals surface area contributed by atoms with Crippen LogP contribution < -0.4 is 10.2 Å². The summed E-state index contributed by atoms with van der Waals surface area (Å²) in [6.07, 6.45) is 0.321. The molecule has 0 radical (unpaired) electrons. The Hall–Kier alpha value is -2.41. The first kappa shape index (κ1) is 17.4. The number of rotatable bonds is 4. The lowest BCUT2D eigenvalue weighted by molar-refractivity contribution is -0.116. The summed E-state index contributed by atoms with van der Waals surface area (Å²) >= 11 is 1.33. The molecule has 2 aromatic rings. The van der Waals surface area contributed by atoms with Crippen LogP contribution in [0.1, 0.15) is 24.3 Å². The smallest absolute Gasteiger partial charge is 0.238 e. The summed E-state index contributed by atoms with van der Waals surface area (Å²) in [4.78, 5) is 25.4. The maximum atomic E-state index is 14.2. The number of carbonyl (C=O) groups is 2. The van der Waals surface area contributed by atoms with Crippen molar-refractivity contribution in [2.75, 3.05) is 16.0 Å². The fraction of sp³-hybridized carbons (Fsp3) is 0.222. The highest BCUT2D eigenvalue weighted by atomic mass is 32.2. The molecule has 4 nitrogen and oxygen atoms in total. The number of nitrogens with zero attached hydrogens (tertiary/aromatic N) is 1. The van der Waals surface area contributed by atoms with Crippen molar-refractivity contribution in [3.05, 3.63) is 59.7 Å². The molecule has 130 valence electrons. The van der Waals surface area contributed by atoms with Gasteiger partial charge in [0.1, 0.15) is 17.0 Å². The van der Waals surface area contributed by atoms with Crippen LogP contribution in [0.25, 0.3) is 0 Å². The van der Waals surface area contributed by atoms with E-state index < -0.39 is 17.0 Å². The zero-order chi connectivity index (χ0) is 18.0. The summed E-state index contributed by atoms with van der Waals surface area (Å²) < 4.78 is 27.4. The van der Waals surface area contributed by atoms with Crippen molar-refractivity contribution < 1.29 is 18.4 Å². The van der Waals surface area contributed by atoms with Gasteiger partial charge in [0, 0.05) is 23.7 Å². The number of nitrogens with one attached hydrogen (secondary N) is 1. The van der Waals surface area contributed by atoms with Gasteiger partial charge in [-0.2, -0.15) is 0 Å². The number of hydrogen-bond acceptors (Lipinski definition) is 3. The molecule has 0 bridgehead atoms. The predicted molar refractivity (Wildman–Crippen MR) is 94.4 cm³/mol. The Morgan fingerprint density at radius 1 is 1.28 bits per heavy atom. The summed E-state index contributed by atoms with van der Waals surface area (Å²) in [5.41, 5.74) is 1.30. The molecule has 1 heterocycles. The van der Waals surface area contributed by atoms with E-state index in [1.807, 2.05) is 0 Å². The lowest BCUT2D eigenvalue weighted by Crippen LogP contribution is -2.29. The average molecular weight is 362 g/mol. The van der Waals surface area contributed by atoms with E-state index in [4.69, 9.17) is 0 Å². The van der Waals surface area contributed by atoms with Gasteiger partial charge < -0.3 is 5.32 Å². The molecule has 0 unspecified atom stereocenters. The molecule has 25 heavy (non-hydrogen) atoms. The molecule has 1 aliphatic rings. The minimum absolute atomic E-state index is 0.0259. The highest BCUT2D eigenvalue weighted by molar-refractivity contribution is 8.00. The molecule has 0 aliphatic carbocycles. The maximum Gasteiger partial charge on any atom is 0.238 e. The molecule has 1 N–H and O–H groups in total. The van der Waals surface area contributed by atoms with Crippen molar-refractivity contribution in [1.82, 2.24) is 0 Å². The Balaban J connectivity index is 2.02. The van der Waals surface area contributed by atoms with Crippen LogP contribution in [0.3, 0.4) is 0 Å². The van der Waals surface area contributed by atoms with Crippen molar-refractivity contribution in [3.63, 3.8) is 0 Å². The Morgan fingerprint density at radius 2 is 2.04 bits per heavy atom. The van der Waals surface area contributed by atoms with Crippen LogP contribution in [-0.2, 0) is 9.59 Å². The van der Waals surface area contributed by atoms with Crippen LogP contribution in [0.2, 0.25) is 0 Å².